The molecule has 0 radical (unpaired) electrons. The molecular weight excluding hydrogens is 264 g/mol. The van der Waals surface area contributed by atoms with Crippen molar-refractivity contribution in [2.45, 2.75) is 31.1 Å². The van der Waals surface area contributed by atoms with E-state index in [1.165, 1.54) is 22.2 Å². The summed E-state index contributed by atoms with van der Waals surface area (Å²) in [5.41, 5.74) is 12.5. The fourth-order valence-electron chi connectivity index (χ4n) is 4.47. The van der Waals surface area contributed by atoms with Crippen LogP contribution >= 0.6 is 0 Å². The van der Waals surface area contributed by atoms with Crippen LogP contribution in [0.1, 0.15) is 42.4 Å². The topological polar surface area (TPSA) is 70.8 Å². The molecule has 0 N–H and O–H groups in total. The van der Waals surface area contributed by atoms with Crippen molar-refractivity contribution in [3.05, 3.63) is 46.0 Å². The van der Waals surface area contributed by atoms with Gasteiger partial charge in [0, 0.05) is 40.4 Å². The van der Waals surface area contributed by atoms with Crippen LogP contribution in [0.5, 0.6) is 0 Å². The number of carbonyl (C=O) groups is 1. The van der Waals surface area contributed by atoms with Crippen molar-refractivity contribution in [1.82, 2.24) is 4.57 Å². The van der Waals surface area contributed by atoms with Crippen molar-refractivity contribution >= 4 is 16.8 Å². The highest BCUT2D eigenvalue weighted by Gasteiger charge is 2.45. The third-order valence-corrected chi connectivity index (χ3v) is 5.26. The lowest BCUT2D eigenvalue weighted by molar-refractivity contribution is -0.123. The molecular formula is C16H16N4O. The predicted octanol–water partition coefficient (Wildman–Crippen LogP) is 4.00. The van der Waals surface area contributed by atoms with Crippen LogP contribution in [-0.4, -0.2) is 10.5 Å². The van der Waals surface area contributed by atoms with Gasteiger partial charge in [-0.15, -0.1) is 0 Å². The maximum Gasteiger partial charge on any atom is 0.222 e. The summed E-state index contributed by atoms with van der Waals surface area (Å²) < 4.78 is 2.23. The average molecular weight is 280 g/mol. The van der Waals surface area contributed by atoms with Gasteiger partial charge in [-0.05, 0) is 47.5 Å². The van der Waals surface area contributed by atoms with Crippen LogP contribution in [0, 0.1) is 5.92 Å². The number of azide groups is 1. The molecule has 1 heterocycles. The first kappa shape index (κ1) is 12.5. The Labute approximate surface area is 122 Å². The molecule has 0 aliphatic heterocycles. The molecule has 3 aliphatic carbocycles. The van der Waals surface area contributed by atoms with Crippen molar-refractivity contribution in [1.29, 1.82) is 0 Å². The first-order valence-corrected chi connectivity index (χ1v) is 7.38. The summed E-state index contributed by atoms with van der Waals surface area (Å²) in [5, 5.41) is 4.67. The molecule has 3 unspecified atom stereocenters. The molecule has 5 nitrogen and oxygen atoms in total. The molecule has 5 heteroatoms. The number of hydrogen-bond acceptors (Lipinski definition) is 1. The molecule has 1 aromatic carbocycles. The van der Waals surface area contributed by atoms with Crippen molar-refractivity contribution in [2.24, 2.45) is 18.1 Å². The lowest BCUT2D eigenvalue weighted by Crippen LogP contribution is -2.34. The molecule has 1 amide bonds. The van der Waals surface area contributed by atoms with Gasteiger partial charge in [-0.3, -0.25) is 4.79 Å². The summed E-state index contributed by atoms with van der Waals surface area (Å²) in [6, 6.07) is 8.45. The normalized spacial score (nSPS) is 26.4. The van der Waals surface area contributed by atoms with Gasteiger partial charge in [-0.25, -0.2) is 0 Å². The summed E-state index contributed by atoms with van der Waals surface area (Å²) >= 11 is 0. The van der Waals surface area contributed by atoms with Crippen LogP contribution in [0.4, 0.5) is 0 Å². The quantitative estimate of drug-likeness (QED) is 0.442. The number of hydrogen-bond donors (Lipinski definition) is 0. The molecule has 0 saturated heterocycles. The second-order valence-corrected chi connectivity index (χ2v) is 6.13. The predicted molar refractivity (Wildman–Crippen MR) is 79.9 cm³/mol. The van der Waals surface area contributed by atoms with Gasteiger partial charge in [0.25, 0.3) is 0 Å². The Morgan fingerprint density at radius 1 is 1.38 bits per heavy atom. The third-order valence-electron chi connectivity index (χ3n) is 5.26. The number of carbonyl (C=O) groups excluding carboxylic acids is 1. The maximum atomic E-state index is 12.1. The monoisotopic (exact) mass is 280 g/mol. The Hall–Kier alpha value is -2.26. The molecule has 21 heavy (non-hydrogen) atoms. The van der Waals surface area contributed by atoms with Crippen LogP contribution in [0.2, 0.25) is 0 Å². The number of benzene rings is 1. The molecule has 1 aromatic heterocycles. The van der Waals surface area contributed by atoms with Gasteiger partial charge in [0.15, 0.2) is 0 Å². The minimum absolute atomic E-state index is 0.143. The zero-order chi connectivity index (χ0) is 14.6. The summed E-state index contributed by atoms with van der Waals surface area (Å²) in [6.07, 6.45) is 2.97. The number of rotatable bonds is 1. The summed E-state index contributed by atoms with van der Waals surface area (Å²) in [6.45, 7) is 0. The largest absolute Gasteiger partial charge is 0.347 e. The smallest absolute Gasteiger partial charge is 0.222 e. The van der Waals surface area contributed by atoms with Crippen molar-refractivity contribution in [2.75, 3.05) is 0 Å². The van der Waals surface area contributed by atoms with Crippen LogP contribution in [-0.2, 0) is 11.8 Å². The molecule has 3 atom stereocenters. The van der Waals surface area contributed by atoms with E-state index in [1.807, 2.05) is 0 Å². The van der Waals surface area contributed by atoms with E-state index >= 15 is 0 Å². The van der Waals surface area contributed by atoms with Crippen LogP contribution < -0.4 is 0 Å². The first-order chi connectivity index (χ1) is 10.2. The Balaban J connectivity index is 1.93. The number of amides is 1. The van der Waals surface area contributed by atoms with Crippen molar-refractivity contribution < 1.29 is 4.79 Å². The zero-order valence-electron chi connectivity index (χ0n) is 11.9. The van der Waals surface area contributed by atoms with E-state index in [4.69, 9.17) is 5.53 Å². The maximum absolute atomic E-state index is 12.1. The van der Waals surface area contributed by atoms with E-state index in [1.54, 1.807) is 0 Å². The fraction of sp³-hybridized carbons (Fsp3) is 0.438. The third kappa shape index (κ3) is 1.58. The number of nitrogens with zero attached hydrogens (tertiary/aromatic N) is 4. The molecule has 1 fully saturated rings. The second kappa shape index (κ2) is 4.37. The molecule has 2 aromatic rings. The Kier molecular flexibility index (Phi) is 2.59. The Morgan fingerprint density at radius 3 is 3.00 bits per heavy atom. The van der Waals surface area contributed by atoms with E-state index in [2.05, 4.69) is 45.9 Å². The van der Waals surface area contributed by atoms with Gasteiger partial charge in [0.1, 0.15) is 0 Å². The van der Waals surface area contributed by atoms with E-state index in [-0.39, 0.29) is 17.7 Å². The van der Waals surface area contributed by atoms with Gasteiger partial charge in [-0.2, -0.15) is 0 Å². The SMILES string of the molecule is Cn1c2c(c3ccccc31)C1CCC2C(C(=O)N=[N+]=[N-])C1. The van der Waals surface area contributed by atoms with Gasteiger partial charge < -0.3 is 4.57 Å². The molecule has 2 bridgehead atoms. The standard InChI is InChI=1S/C16H16N4O/c1-20-13-5-3-2-4-11(13)14-9-6-7-10(15(14)20)12(8-9)16(21)18-19-17/h2-5,9-10,12H,6-8H2,1H3. The lowest BCUT2D eigenvalue weighted by Gasteiger charge is -2.41. The van der Waals surface area contributed by atoms with Gasteiger partial charge in [0.05, 0.1) is 0 Å². The highest BCUT2D eigenvalue weighted by Crippen LogP contribution is 2.55. The number of para-hydroxylation sites is 1. The van der Waals surface area contributed by atoms with Gasteiger partial charge in [-0.1, -0.05) is 18.2 Å². The van der Waals surface area contributed by atoms with Crippen LogP contribution in [0.3, 0.4) is 0 Å². The van der Waals surface area contributed by atoms with E-state index in [9.17, 15) is 4.79 Å². The number of aryl methyl sites for hydroxylation is 1. The second-order valence-electron chi connectivity index (χ2n) is 6.13. The highest BCUT2D eigenvalue weighted by atomic mass is 16.1. The minimum atomic E-state index is -0.289. The highest BCUT2D eigenvalue weighted by molar-refractivity contribution is 5.89. The zero-order valence-corrected chi connectivity index (χ0v) is 11.9. The average Bonchev–Trinajstić information content (AvgIpc) is 2.84. The molecule has 106 valence electrons. The first-order valence-electron chi connectivity index (χ1n) is 7.38. The lowest BCUT2D eigenvalue weighted by atomic mass is 9.63. The fourth-order valence-corrected chi connectivity index (χ4v) is 4.47. The molecule has 5 rings (SSSR count). The summed E-state index contributed by atoms with van der Waals surface area (Å²) in [5.74, 6) is 0.178. The van der Waals surface area contributed by atoms with Crippen LogP contribution in [0.25, 0.3) is 21.3 Å². The van der Waals surface area contributed by atoms with E-state index in [0.29, 0.717) is 5.92 Å². The molecule has 3 aliphatic rings. The van der Waals surface area contributed by atoms with Crippen LogP contribution in [0.15, 0.2) is 29.4 Å². The molecule has 0 spiro atoms. The number of aromatic nitrogens is 1. The van der Waals surface area contributed by atoms with Gasteiger partial charge >= 0.3 is 0 Å². The number of fused-ring (bicyclic) bond motifs is 3. The van der Waals surface area contributed by atoms with Crippen molar-refractivity contribution in [3.8, 4) is 0 Å². The summed E-state index contributed by atoms with van der Waals surface area (Å²) in [4.78, 5) is 14.8. The van der Waals surface area contributed by atoms with Gasteiger partial charge in [0.2, 0.25) is 5.91 Å². The van der Waals surface area contributed by atoms with E-state index in [0.717, 1.165) is 19.3 Å². The molecule has 1 saturated carbocycles. The minimum Gasteiger partial charge on any atom is -0.347 e. The Morgan fingerprint density at radius 2 is 2.19 bits per heavy atom. The van der Waals surface area contributed by atoms with E-state index < -0.39 is 0 Å². The Bertz CT molecular complexity index is 800. The van der Waals surface area contributed by atoms with Crippen molar-refractivity contribution in [3.63, 3.8) is 0 Å². The summed E-state index contributed by atoms with van der Waals surface area (Å²) in [7, 11) is 2.08.